The molecule has 0 aliphatic rings. The minimum Gasteiger partial charge on any atom is -0.377 e. The van der Waals surface area contributed by atoms with Crippen molar-refractivity contribution < 1.29 is 17.4 Å². The van der Waals surface area contributed by atoms with Crippen LogP contribution in [0.3, 0.4) is 0 Å². The Morgan fingerprint density at radius 1 is 1.14 bits per heavy atom. The lowest BCUT2D eigenvalue weighted by atomic mass is 10.3. The molecule has 1 N–H and O–H groups in total. The van der Waals surface area contributed by atoms with Gasteiger partial charge in [0.25, 0.3) is 0 Å². The molecule has 0 aliphatic carbocycles. The number of carbonyl (C=O) groups excluding carboxylic acids is 1. The number of hydrogen-bond donors (Lipinski definition) is 1. The van der Waals surface area contributed by atoms with Gasteiger partial charge in [0.15, 0.2) is 5.75 Å². The van der Waals surface area contributed by atoms with Crippen LogP contribution in [0.15, 0.2) is 47.4 Å². The van der Waals surface area contributed by atoms with Gasteiger partial charge in [0.05, 0.1) is 10.7 Å². The predicted octanol–water partition coefficient (Wildman–Crippen LogP) is 3.72. The molecule has 2 aromatic rings. The van der Waals surface area contributed by atoms with E-state index in [1.54, 1.807) is 12.1 Å². The maximum atomic E-state index is 12.3. The molecule has 0 bridgehead atoms. The van der Waals surface area contributed by atoms with E-state index >= 15 is 0 Å². The van der Waals surface area contributed by atoms with Crippen LogP contribution in [-0.4, -0.2) is 14.3 Å². The molecule has 0 spiro atoms. The second-order valence-corrected chi connectivity index (χ2v) is 6.65. The van der Waals surface area contributed by atoms with Gasteiger partial charge in [-0.25, -0.2) is 0 Å². The highest BCUT2D eigenvalue weighted by Gasteiger charge is 2.22. The first-order valence-corrected chi connectivity index (χ1v) is 8.22. The summed E-state index contributed by atoms with van der Waals surface area (Å²) < 4.78 is 29.7. The number of nitrogens with one attached hydrogen (secondary N) is 1. The van der Waals surface area contributed by atoms with Crippen molar-refractivity contribution in [1.82, 2.24) is 0 Å². The van der Waals surface area contributed by atoms with E-state index in [1.807, 2.05) is 0 Å². The summed E-state index contributed by atoms with van der Waals surface area (Å²) in [5, 5.41) is 2.68. The second-order valence-electron chi connectivity index (χ2n) is 4.29. The van der Waals surface area contributed by atoms with E-state index in [2.05, 4.69) is 5.32 Å². The average molecular weight is 360 g/mol. The fraction of sp³-hybridized carbons (Fsp3) is 0.0714. The normalized spacial score (nSPS) is 11.0. The molecule has 0 fully saturated rings. The maximum Gasteiger partial charge on any atom is 0.340 e. The summed E-state index contributed by atoms with van der Waals surface area (Å²) in [6, 6.07) is 10.2. The Labute approximate surface area is 137 Å². The van der Waals surface area contributed by atoms with Crippen LogP contribution in [0, 0.1) is 0 Å². The summed E-state index contributed by atoms with van der Waals surface area (Å²) in [6.45, 7) is 1.30. The van der Waals surface area contributed by atoms with Crippen LogP contribution in [0.2, 0.25) is 10.0 Å². The molecule has 2 rings (SSSR count). The Kier molecular flexibility index (Phi) is 4.95. The lowest BCUT2D eigenvalue weighted by molar-refractivity contribution is -0.114. The second kappa shape index (κ2) is 6.56. The zero-order valence-electron chi connectivity index (χ0n) is 11.3. The first-order valence-electron chi connectivity index (χ1n) is 6.06. The Hall–Kier alpha value is -1.76. The number of anilines is 1. The quantitative estimate of drug-likeness (QED) is 0.844. The molecule has 2 aromatic carbocycles. The van der Waals surface area contributed by atoms with E-state index in [9.17, 15) is 13.2 Å². The molecular weight excluding hydrogens is 349 g/mol. The molecule has 0 atom stereocenters. The molecule has 1 amide bonds. The Morgan fingerprint density at radius 3 is 2.50 bits per heavy atom. The Morgan fingerprint density at radius 2 is 1.82 bits per heavy atom. The van der Waals surface area contributed by atoms with Gasteiger partial charge in [-0.15, -0.1) is 0 Å². The van der Waals surface area contributed by atoms with Crippen LogP contribution in [0.1, 0.15) is 6.92 Å². The molecule has 8 heteroatoms. The van der Waals surface area contributed by atoms with Crippen LogP contribution in [0.4, 0.5) is 5.69 Å². The van der Waals surface area contributed by atoms with Gasteiger partial charge < -0.3 is 9.50 Å². The van der Waals surface area contributed by atoms with E-state index in [0.717, 1.165) is 0 Å². The van der Waals surface area contributed by atoms with E-state index in [1.165, 1.54) is 37.3 Å². The smallest absolute Gasteiger partial charge is 0.340 e. The molecular formula is C14H11Cl2NO4S. The third kappa shape index (κ3) is 3.91. The minimum absolute atomic E-state index is 0.0126. The summed E-state index contributed by atoms with van der Waals surface area (Å²) in [5.41, 5.74) is 0.233. The van der Waals surface area contributed by atoms with Gasteiger partial charge in [0.2, 0.25) is 5.91 Å². The van der Waals surface area contributed by atoms with Crippen molar-refractivity contribution in [2.24, 2.45) is 0 Å². The molecule has 0 aliphatic heterocycles. The van der Waals surface area contributed by atoms with Gasteiger partial charge in [-0.2, -0.15) is 8.42 Å². The van der Waals surface area contributed by atoms with Crippen LogP contribution < -0.4 is 9.50 Å². The fourth-order valence-corrected chi connectivity index (χ4v) is 3.35. The van der Waals surface area contributed by atoms with Crippen LogP contribution in [0.5, 0.6) is 5.75 Å². The zero-order chi connectivity index (χ0) is 16.3. The summed E-state index contributed by atoms with van der Waals surface area (Å²) in [7, 11) is -4.19. The summed E-state index contributed by atoms with van der Waals surface area (Å²) in [6.07, 6.45) is 0. The van der Waals surface area contributed by atoms with Crippen molar-refractivity contribution in [2.45, 2.75) is 11.8 Å². The van der Waals surface area contributed by atoms with Crippen molar-refractivity contribution >= 4 is 44.9 Å². The van der Waals surface area contributed by atoms with Gasteiger partial charge in [-0.05, 0) is 30.3 Å². The molecule has 116 valence electrons. The van der Waals surface area contributed by atoms with Gasteiger partial charge in [-0.1, -0.05) is 35.3 Å². The van der Waals surface area contributed by atoms with Crippen LogP contribution in [0.25, 0.3) is 0 Å². The Bertz CT molecular complexity index is 821. The van der Waals surface area contributed by atoms with E-state index in [0.29, 0.717) is 0 Å². The van der Waals surface area contributed by atoms with Gasteiger partial charge in [-0.3, -0.25) is 4.79 Å². The highest BCUT2D eigenvalue weighted by Crippen LogP contribution is 2.31. The highest BCUT2D eigenvalue weighted by molar-refractivity contribution is 7.87. The fourth-order valence-electron chi connectivity index (χ4n) is 1.66. The molecule has 0 saturated carbocycles. The molecule has 0 radical (unpaired) electrons. The third-order valence-electron chi connectivity index (χ3n) is 2.56. The SMILES string of the molecule is CC(=O)Nc1ccccc1OS(=O)(=O)c1cc(Cl)ccc1Cl. The topological polar surface area (TPSA) is 72.5 Å². The Balaban J connectivity index is 2.41. The van der Waals surface area contributed by atoms with Crippen LogP contribution in [-0.2, 0) is 14.9 Å². The minimum atomic E-state index is -4.19. The van der Waals surface area contributed by atoms with Gasteiger partial charge in [0, 0.05) is 11.9 Å². The molecule has 0 unspecified atom stereocenters. The van der Waals surface area contributed by atoms with Crippen molar-refractivity contribution in [2.75, 3.05) is 5.32 Å². The number of hydrogen-bond acceptors (Lipinski definition) is 4. The molecule has 0 aromatic heterocycles. The van der Waals surface area contributed by atoms with E-state index in [4.69, 9.17) is 27.4 Å². The standard InChI is InChI=1S/C14H11Cl2NO4S/c1-9(18)17-12-4-2-3-5-13(12)21-22(19,20)14-8-10(15)6-7-11(14)16/h2-8H,1H3,(H,17,18). The van der Waals surface area contributed by atoms with Crippen molar-refractivity contribution in [3.05, 3.63) is 52.5 Å². The van der Waals surface area contributed by atoms with Gasteiger partial charge in [0.1, 0.15) is 4.90 Å². The van der Waals surface area contributed by atoms with Crippen molar-refractivity contribution in [3.63, 3.8) is 0 Å². The molecule has 22 heavy (non-hydrogen) atoms. The van der Waals surface area contributed by atoms with Crippen molar-refractivity contribution in [3.8, 4) is 5.75 Å². The largest absolute Gasteiger partial charge is 0.377 e. The first-order chi connectivity index (χ1) is 10.3. The number of halogens is 2. The van der Waals surface area contributed by atoms with Crippen LogP contribution >= 0.6 is 23.2 Å². The lowest BCUT2D eigenvalue weighted by Gasteiger charge is -2.12. The highest BCUT2D eigenvalue weighted by atomic mass is 35.5. The third-order valence-corrected chi connectivity index (χ3v) is 4.51. The van der Waals surface area contributed by atoms with E-state index < -0.39 is 10.1 Å². The summed E-state index contributed by atoms with van der Waals surface area (Å²) in [4.78, 5) is 10.9. The summed E-state index contributed by atoms with van der Waals surface area (Å²) in [5.74, 6) is -0.372. The zero-order valence-corrected chi connectivity index (χ0v) is 13.7. The molecule has 0 heterocycles. The van der Waals surface area contributed by atoms with E-state index in [-0.39, 0.29) is 32.3 Å². The monoisotopic (exact) mass is 359 g/mol. The first kappa shape index (κ1) is 16.6. The summed E-state index contributed by atoms with van der Waals surface area (Å²) >= 11 is 11.7. The lowest BCUT2D eigenvalue weighted by Crippen LogP contribution is -2.13. The predicted molar refractivity (Wildman–Crippen MR) is 85.0 cm³/mol. The number of amides is 1. The average Bonchev–Trinajstić information content (AvgIpc) is 2.43. The maximum absolute atomic E-state index is 12.3. The van der Waals surface area contributed by atoms with Gasteiger partial charge >= 0.3 is 10.1 Å². The number of carbonyl (C=O) groups is 1. The number of para-hydroxylation sites is 2. The molecule has 0 saturated heterocycles. The number of benzene rings is 2. The molecule has 5 nitrogen and oxygen atoms in total. The number of rotatable bonds is 4. The van der Waals surface area contributed by atoms with Crippen molar-refractivity contribution in [1.29, 1.82) is 0 Å².